The lowest BCUT2D eigenvalue weighted by molar-refractivity contribution is -0.145. The molecule has 0 aromatic heterocycles. The smallest absolute Gasteiger partial charge is 0.410 e. The van der Waals surface area contributed by atoms with Crippen molar-refractivity contribution in [3.05, 3.63) is 71.8 Å². The van der Waals surface area contributed by atoms with E-state index in [1.165, 1.54) is 5.56 Å². The molecule has 5 nitrogen and oxygen atoms in total. The summed E-state index contributed by atoms with van der Waals surface area (Å²) in [5.74, 6) is -0.861. The van der Waals surface area contributed by atoms with Gasteiger partial charge in [0.15, 0.2) is 0 Å². The van der Waals surface area contributed by atoms with Crippen molar-refractivity contribution >= 4 is 12.1 Å². The number of nitrogens with zero attached hydrogens (tertiary/aromatic N) is 1. The minimum atomic E-state index is -0.804. The number of rotatable bonds is 4. The van der Waals surface area contributed by atoms with Gasteiger partial charge in [0.05, 0.1) is 5.92 Å². The zero-order valence-electron chi connectivity index (χ0n) is 16.5. The Kier molecular flexibility index (Phi) is 5.56. The van der Waals surface area contributed by atoms with Gasteiger partial charge < -0.3 is 14.7 Å². The second-order valence-electron chi connectivity index (χ2n) is 8.36. The van der Waals surface area contributed by atoms with Crippen LogP contribution >= 0.6 is 0 Å². The molecular formula is C24H27NO4. The molecule has 1 aliphatic heterocycles. The van der Waals surface area contributed by atoms with Crippen molar-refractivity contribution in [1.29, 1.82) is 0 Å². The number of hydrogen-bond donors (Lipinski definition) is 1. The van der Waals surface area contributed by atoms with Crippen molar-refractivity contribution in [2.75, 3.05) is 13.1 Å². The molecule has 1 amide bonds. The van der Waals surface area contributed by atoms with Crippen LogP contribution in [0.5, 0.6) is 0 Å². The van der Waals surface area contributed by atoms with Gasteiger partial charge in [-0.25, -0.2) is 4.79 Å². The Morgan fingerprint density at radius 1 is 1.00 bits per heavy atom. The number of amides is 1. The Balaban J connectivity index is 1.41. The fourth-order valence-electron chi connectivity index (χ4n) is 5.02. The molecule has 1 heterocycles. The number of aliphatic carboxylic acids is 1. The number of carboxylic acids is 1. The topological polar surface area (TPSA) is 66.8 Å². The van der Waals surface area contributed by atoms with E-state index in [1.54, 1.807) is 4.90 Å². The summed E-state index contributed by atoms with van der Waals surface area (Å²) in [4.78, 5) is 26.2. The standard InChI is InChI=1S/C24H27NO4/c26-22(27)21-15-25(23(28)29-16-18-7-3-1-4-8-18)17-24(21)13-11-20(12-14-24)19-9-5-2-6-10-19/h1-10,20-21H,11-17H2,(H,26,27). The molecule has 2 aromatic rings. The van der Waals surface area contributed by atoms with Crippen molar-refractivity contribution in [1.82, 2.24) is 4.90 Å². The maximum absolute atomic E-state index is 12.6. The molecule has 1 saturated heterocycles. The fourth-order valence-corrected chi connectivity index (χ4v) is 5.02. The molecule has 2 aromatic carbocycles. The Morgan fingerprint density at radius 2 is 1.62 bits per heavy atom. The average Bonchev–Trinajstić information content (AvgIpc) is 3.13. The van der Waals surface area contributed by atoms with Crippen molar-refractivity contribution < 1.29 is 19.4 Å². The van der Waals surface area contributed by atoms with Crippen molar-refractivity contribution in [2.45, 2.75) is 38.2 Å². The summed E-state index contributed by atoms with van der Waals surface area (Å²) >= 11 is 0. The van der Waals surface area contributed by atoms with E-state index in [2.05, 4.69) is 24.3 Å². The number of ether oxygens (including phenoxy) is 1. The summed E-state index contributed by atoms with van der Waals surface area (Å²) in [5, 5.41) is 9.84. The lowest BCUT2D eigenvalue weighted by atomic mass is 9.64. The highest BCUT2D eigenvalue weighted by Crippen LogP contribution is 2.51. The third kappa shape index (κ3) is 4.14. The van der Waals surface area contributed by atoms with Crippen LogP contribution in [0.3, 0.4) is 0 Å². The summed E-state index contributed by atoms with van der Waals surface area (Å²) in [6, 6.07) is 20.0. The van der Waals surface area contributed by atoms with E-state index in [1.807, 2.05) is 36.4 Å². The van der Waals surface area contributed by atoms with E-state index in [9.17, 15) is 14.7 Å². The normalized spacial score (nSPS) is 26.4. The molecule has 1 unspecified atom stereocenters. The van der Waals surface area contributed by atoms with Crippen LogP contribution in [-0.4, -0.2) is 35.2 Å². The van der Waals surface area contributed by atoms with Gasteiger partial charge in [0.1, 0.15) is 6.61 Å². The molecule has 2 fully saturated rings. The summed E-state index contributed by atoms with van der Waals surface area (Å²) in [7, 11) is 0. The largest absolute Gasteiger partial charge is 0.481 e. The van der Waals surface area contributed by atoms with Crippen LogP contribution in [0.1, 0.15) is 42.7 Å². The van der Waals surface area contributed by atoms with Gasteiger partial charge in [0.2, 0.25) is 0 Å². The van der Waals surface area contributed by atoms with E-state index in [4.69, 9.17) is 4.74 Å². The second kappa shape index (κ2) is 8.27. The lowest BCUT2D eigenvalue weighted by Gasteiger charge is -2.39. The Morgan fingerprint density at radius 3 is 2.24 bits per heavy atom. The first-order valence-electron chi connectivity index (χ1n) is 10.3. The highest BCUT2D eigenvalue weighted by Gasteiger charge is 2.53. The minimum Gasteiger partial charge on any atom is -0.481 e. The zero-order chi connectivity index (χ0) is 20.3. The maximum Gasteiger partial charge on any atom is 0.410 e. The molecule has 1 atom stereocenters. The summed E-state index contributed by atoms with van der Waals surface area (Å²) < 4.78 is 5.46. The van der Waals surface area contributed by atoms with Gasteiger partial charge in [0, 0.05) is 18.5 Å². The summed E-state index contributed by atoms with van der Waals surface area (Å²) in [6.07, 6.45) is 3.15. The van der Waals surface area contributed by atoms with Crippen LogP contribution in [0.4, 0.5) is 4.79 Å². The van der Waals surface area contributed by atoms with Crippen LogP contribution in [0.2, 0.25) is 0 Å². The monoisotopic (exact) mass is 393 g/mol. The van der Waals surface area contributed by atoms with Crippen LogP contribution in [0, 0.1) is 11.3 Å². The SMILES string of the molecule is O=C(O)C1CN(C(=O)OCc2ccccc2)CC12CCC(c1ccccc1)CC2. The van der Waals surface area contributed by atoms with Crippen LogP contribution < -0.4 is 0 Å². The van der Waals surface area contributed by atoms with Crippen LogP contribution in [-0.2, 0) is 16.1 Å². The Bertz CT molecular complexity index is 844. The van der Waals surface area contributed by atoms with E-state index in [-0.39, 0.29) is 18.6 Å². The van der Waals surface area contributed by atoms with E-state index in [0.29, 0.717) is 12.5 Å². The Labute approximate surface area is 171 Å². The molecule has 1 N–H and O–H groups in total. The number of likely N-dealkylation sites (tertiary alicyclic amines) is 1. The third-order valence-electron chi connectivity index (χ3n) is 6.66. The average molecular weight is 393 g/mol. The van der Waals surface area contributed by atoms with Crippen LogP contribution in [0.25, 0.3) is 0 Å². The molecule has 29 heavy (non-hydrogen) atoms. The highest BCUT2D eigenvalue weighted by molar-refractivity contribution is 5.75. The summed E-state index contributed by atoms with van der Waals surface area (Å²) in [6.45, 7) is 0.912. The van der Waals surface area contributed by atoms with Crippen molar-refractivity contribution in [3.63, 3.8) is 0 Å². The van der Waals surface area contributed by atoms with Gasteiger partial charge >= 0.3 is 12.1 Å². The first-order valence-corrected chi connectivity index (χ1v) is 10.3. The van der Waals surface area contributed by atoms with E-state index < -0.39 is 18.0 Å². The van der Waals surface area contributed by atoms with Gasteiger partial charge in [-0.3, -0.25) is 4.79 Å². The summed E-state index contributed by atoms with van der Waals surface area (Å²) in [5.41, 5.74) is 1.90. The molecule has 5 heteroatoms. The predicted molar refractivity (Wildman–Crippen MR) is 109 cm³/mol. The van der Waals surface area contributed by atoms with Crippen molar-refractivity contribution in [3.8, 4) is 0 Å². The predicted octanol–water partition coefficient (Wildman–Crippen LogP) is 4.68. The molecule has 1 aliphatic carbocycles. The van der Waals surface area contributed by atoms with E-state index in [0.717, 1.165) is 31.2 Å². The first-order chi connectivity index (χ1) is 14.1. The molecule has 152 valence electrons. The molecule has 1 saturated carbocycles. The molecule has 0 bridgehead atoms. The van der Waals surface area contributed by atoms with Gasteiger partial charge in [-0.1, -0.05) is 60.7 Å². The number of benzene rings is 2. The van der Waals surface area contributed by atoms with Gasteiger partial charge in [-0.2, -0.15) is 0 Å². The second-order valence-corrected chi connectivity index (χ2v) is 8.36. The van der Waals surface area contributed by atoms with Crippen LogP contribution in [0.15, 0.2) is 60.7 Å². The number of hydrogen-bond acceptors (Lipinski definition) is 3. The molecule has 4 rings (SSSR count). The van der Waals surface area contributed by atoms with Gasteiger partial charge in [-0.05, 0) is 42.7 Å². The minimum absolute atomic E-state index is 0.205. The lowest BCUT2D eigenvalue weighted by Crippen LogP contribution is -2.38. The number of carboxylic acid groups (broad SMARTS) is 1. The number of carbonyl (C=O) groups is 2. The van der Waals surface area contributed by atoms with E-state index >= 15 is 0 Å². The Hall–Kier alpha value is -2.82. The fraction of sp³-hybridized carbons (Fsp3) is 0.417. The third-order valence-corrected chi connectivity index (χ3v) is 6.66. The highest BCUT2D eigenvalue weighted by atomic mass is 16.6. The van der Waals surface area contributed by atoms with Gasteiger partial charge in [-0.15, -0.1) is 0 Å². The maximum atomic E-state index is 12.6. The molecular weight excluding hydrogens is 366 g/mol. The molecule has 1 spiro atoms. The molecule has 2 aliphatic rings. The van der Waals surface area contributed by atoms with Gasteiger partial charge in [0.25, 0.3) is 0 Å². The zero-order valence-corrected chi connectivity index (χ0v) is 16.5. The molecule has 0 radical (unpaired) electrons. The number of carbonyl (C=O) groups excluding carboxylic acids is 1. The van der Waals surface area contributed by atoms with Crippen molar-refractivity contribution in [2.24, 2.45) is 11.3 Å². The quantitative estimate of drug-likeness (QED) is 0.819. The first kappa shape index (κ1) is 19.5.